The van der Waals surface area contributed by atoms with Gasteiger partial charge in [0.2, 0.25) is 0 Å². The molecule has 16 heavy (non-hydrogen) atoms. The molecule has 1 rings (SSSR count). The summed E-state index contributed by atoms with van der Waals surface area (Å²) >= 11 is 0. The molecule has 0 bridgehead atoms. The number of hydrogen-bond donors (Lipinski definition) is 0. The second-order valence-electron chi connectivity index (χ2n) is 3.03. The number of carbonyl (C=O) groups excluding carboxylic acids is 2. The average Bonchev–Trinajstić information content (AvgIpc) is 2.27. The minimum Gasteiger partial charge on any atom is -0.616 e. The molecule has 0 N–H and O–H groups in total. The van der Waals surface area contributed by atoms with Crippen LogP contribution in [-0.2, 0) is 14.3 Å². The van der Waals surface area contributed by atoms with Gasteiger partial charge in [-0.2, -0.15) is 0 Å². The molecular formula is C9H12KNO5. The average molecular weight is 253 g/mol. The Bertz CT molecular complexity index is 315. The van der Waals surface area contributed by atoms with Gasteiger partial charge in [0.25, 0.3) is 0 Å². The van der Waals surface area contributed by atoms with Gasteiger partial charge in [-0.25, -0.2) is 4.79 Å². The fourth-order valence-electron chi connectivity index (χ4n) is 1.33. The standard InChI is InChI=1S/C9H13NO5.K/c1-14-8(12)6-5-10(9(13)15-2)4-3-7(6)11;/h12H,3-5H2,1-2H3;/q;+1/p-1/b8-6-;. The molecule has 1 heterocycles. The number of ether oxygens (including phenoxy) is 2. The van der Waals surface area contributed by atoms with Gasteiger partial charge in [0.05, 0.1) is 19.6 Å². The molecular weight excluding hydrogens is 241 g/mol. The van der Waals surface area contributed by atoms with E-state index in [0.717, 1.165) is 0 Å². The Balaban J connectivity index is 0.00000225. The molecule has 0 saturated carbocycles. The third-order valence-corrected chi connectivity index (χ3v) is 2.16. The van der Waals surface area contributed by atoms with Crippen LogP contribution in [0, 0.1) is 0 Å². The Morgan fingerprint density at radius 2 is 2.00 bits per heavy atom. The molecule has 0 aromatic rings. The van der Waals surface area contributed by atoms with Crippen molar-refractivity contribution in [2.75, 3.05) is 27.3 Å². The van der Waals surface area contributed by atoms with Gasteiger partial charge in [0.1, 0.15) is 0 Å². The summed E-state index contributed by atoms with van der Waals surface area (Å²) in [6.07, 6.45) is -0.427. The van der Waals surface area contributed by atoms with Crippen LogP contribution in [0.2, 0.25) is 0 Å². The zero-order valence-corrected chi connectivity index (χ0v) is 12.7. The SMILES string of the molecule is COC(=O)N1CCC(=O)/C(=C(/[O-])OC)C1.[K+]. The summed E-state index contributed by atoms with van der Waals surface area (Å²) in [4.78, 5) is 23.8. The Morgan fingerprint density at radius 1 is 1.38 bits per heavy atom. The number of piperidine rings is 1. The van der Waals surface area contributed by atoms with Crippen molar-refractivity contribution in [3.05, 3.63) is 11.5 Å². The summed E-state index contributed by atoms with van der Waals surface area (Å²) in [7, 11) is 2.44. The van der Waals surface area contributed by atoms with Gasteiger partial charge < -0.3 is 19.5 Å². The number of amides is 1. The van der Waals surface area contributed by atoms with Crippen LogP contribution in [0.25, 0.3) is 0 Å². The van der Waals surface area contributed by atoms with Crippen molar-refractivity contribution in [2.45, 2.75) is 6.42 Å². The van der Waals surface area contributed by atoms with Crippen LogP contribution in [0.3, 0.4) is 0 Å². The normalized spacial score (nSPS) is 18.6. The van der Waals surface area contributed by atoms with Crippen molar-refractivity contribution in [3.8, 4) is 0 Å². The van der Waals surface area contributed by atoms with Gasteiger partial charge in [-0.1, -0.05) is 0 Å². The first-order chi connectivity index (χ1) is 7.10. The van der Waals surface area contributed by atoms with Crippen LogP contribution in [0.15, 0.2) is 11.5 Å². The largest absolute Gasteiger partial charge is 1.00 e. The fourth-order valence-corrected chi connectivity index (χ4v) is 1.33. The Kier molecular flexibility index (Phi) is 7.24. The van der Waals surface area contributed by atoms with Crippen LogP contribution in [0.1, 0.15) is 6.42 Å². The molecule has 1 aliphatic rings. The molecule has 0 aromatic carbocycles. The number of hydrogen-bond acceptors (Lipinski definition) is 5. The van der Waals surface area contributed by atoms with Crippen LogP contribution >= 0.6 is 0 Å². The predicted molar refractivity (Wildman–Crippen MR) is 47.6 cm³/mol. The molecule has 0 aromatic heterocycles. The molecule has 1 fully saturated rings. The van der Waals surface area contributed by atoms with Crippen molar-refractivity contribution in [1.29, 1.82) is 0 Å². The number of rotatable bonds is 1. The maximum Gasteiger partial charge on any atom is 1.00 e. The summed E-state index contributed by atoms with van der Waals surface area (Å²) in [6.45, 7) is 0.226. The second-order valence-corrected chi connectivity index (χ2v) is 3.03. The maximum absolute atomic E-state index is 11.3. The monoisotopic (exact) mass is 253 g/mol. The van der Waals surface area contributed by atoms with Crippen molar-refractivity contribution in [1.82, 2.24) is 4.90 Å². The second kappa shape index (κ2) is 7.28. The molecule has 7 heteroatoms. The first-order valence-electron chi connectivity index (χ1n) is 4.40. The Hall–Kier alpha value is -0.0836. The predicted octanol–water partition coefficient (Wildman–Crippen LogP) is -3.75. The van der Waals surface area contributed by atoms with Crippen molar-refractivity contribution in [3.63, 3.8) is 0 Å². The first kappa shape index (κ1) is 15.9. The summed E-state index contributed by atoms with van der Waals surface area (Å²) in [5.41, 5.74) is -0.00542. The van der Waals surface area contributed by atoms with Crippen LogP contribution in [0.4, 0.5) is 4.79 Å². The van der Waals surface area contributed by atoms with E-state index >= 15 is 0 Å². The van der Waals surface area contributed by atoms with Gasteiger partial charge in [-0.15, -0.1) is 0 Å². The molecule has 84 valence electrons. The summed E-state index contributed by atoms with van der Waals surface area (Å²) in [5, 5.41) is 11.2. The molecule has 0 unspecified atom stereocenters. The van der Waals surface area contributed by atoms with Crippen LogP contribution < -0.4 is 56.5 Å². The smallest absolute Gasteiger partial charge is 0.616 e. The number of ketones is 1. The molecule has 0 spiro atoms. The molecule has 1 saturated heterocycles. The van der Waals surface area contributed by atoms with Gasteiger partial charge >= 0.3 is 57.5 Å². The Labute approximate surface area is 136 Å². The molecule has 1 amide bonds. The molecule has 6 nitrogen and oxygen atoms in total. The van der Waals surface area contributed by atoms with Gasteiger partial charge in [-0.3, -0.25) is 4.79 Å². The van der Waals surface area contributed by atoms with E-state index in [9.17, 15) is 14.7 Å². The quantitative estimate of drug-likeness (QED) is 0.272. The summed E-state index contributed by atoms with van der Waals surface area (Å²) < 4.78 is 8.94. The topological polar surface area (TPSA) is 78.9 Å². The number of methoxy groups -OCH3 is 2. The van der Waals surface area contributed by atoms with Gasteiger partial charge in [0.15, 0.2) is 5.78 Å². The zero-order valence-electron chi connectivity index (χ0n) is 9.61. The first-order valence-corrected chi connectivity index (χ1v) is 4.40. The van der Waals surface area contributed by atoms with Crippen LogP contribution in [-0.4, -0.2) is 44.1 Å². The number of carbonyl (C=O) groups is 2. The van der Waals surface area contributed by atoms with E-state index in [1.165, 1.54) is 19.1 Å². The van der Waals surface area contributed by atoms with E-state index in [4.69, 9.17) is 0 Å². The van der Waals surface area contributed by atoms with E-state index in [-0.39, 0.29) is 82.3 Å². The van der Waals surface area contributed by atoms with E-state index in [1.807, 2.05) is 0 Å². The van der Waals surface area contributed by atoms with E-state index in [2.05, 4.69) is 9.47 Å². The minimum atomic E-state index is -0.686. The summed E-state index contributed by atoms with van der Waals surface area (Å²) in [6, 6.07) is 0. The molecule has 0 atom stereocenters. The van der Waals surface area contributed by atoms with E-state index < -0.39 is 12.0 Å². The fraction of sp³-hybridized carbons (Fsp3) is 0.556. The molecule has 1 aliphatic heterocycles. The third kappa shape index (κ3) is 3.74. The molecule has 0 radical (unpaired) electrons. The minimum absolute atomic E-state index is 0. The van der Waals surface area contributed by atoms with Crippen molar-refractivity contribution in [2.24, 2.45) is 0 Å². The maximum atomic E-state index is 11.3. The summed E-state index contributed by atoms with van der Waals surface area (Å²) in [5.74, 6) is -0.962. The van der Waals surface area contributed by atoms with Gasteiger partial charge in [0, 0.05) is 18.5 Å². The third-order valence-electron chi connectivity index (χ3n) is 2.16. The number of Topliss-reactive ketones (excluding diaryl/α,β-unsaturated/α-hetero) is 1. The van der Waals surface area contributed by atoms with Gasteiger partial charge in [-0.05, 0) is 7.11 Å². The van der Waals surface area contributed by atoms with Crippen molar-refractivity contribution < 1.29 is 75.6 Å². The Morgan fingerprint density at radius 3 is 2.50 bits per heavy atom. The number of likely N-dealkylation sites (tertiary alicyclic amines) is 1. The number of nitrogens with zero attached hydrogens (tertiary/aromatic N) is 1. The van der Waals surface area contributed by atoms with E-state index in [0.29, 0.717) is 0 Å². The van der Waals surface area contributed by atoms with E-state index in [1.54, 1.807) is 0 Å². The van der Waals surface area contributed by atoms with Crippen molar-refractivity contribution >= 4 is 11.9 Å². The zero-order chi connectivity index (χ0) is 11.4. The molecule has 0 aliphatic carbocycles. The van der Waals surface area contributed by atoms with Crippen LogP contribution in [0.5, 0.6) is 0 Å².